The van der Waals surface area contributed by atoms with Gasteiger partial charge in [-0.05, 0) is 17.9 Å². The Labute approximate surface area is 87.8 Å². The number of unbranched alkanes of at least 4 members (excludes halogenated alkanes) is 1. The first-order valence-electron chi connectivity index (χ1n) is 4.68. The van der Waals surface area contributed by atoms with Crippen LogP contribution in [-0.4, -0.2) is 12.1 Å². The zero-order valence-electron chi connectivity index (χ0n) is 8.19. The van der Waals surface area contributed by atoms with Crippen molar-refractivity contribution in [2.75, 3.05) is 0 Å². The van der Waals surface area contributed by atoms with Gasteiger partial charge in [0.1, 0.15) is 0 Å². The number of nitrogens with zero attached hydrogens (tertiary/aromatic N) is 1. The van der Waals surface area contributed by atoms with Crippen LogP contribution in [0.25, 0.3) is 0 Å². The number of amides is 1. The van der Waals surface area contributed by atoms with Crippen molar-refractivity contribution in [3.8, 4) is 0 Å². The number of carbonyl (C=O) groups excluding carboxylic acids is 1. The zero-order valence-corrected chi connectivity index (χ0v) is 9.01. The number of hydrazone groups is 1. The Kier molecular flexibility index (Phi) is 4.93. The van der Waals surface area contributed by atoms with E-state index in [1.807, 2.05) is 17.5 Å². The maximum Gasteiger partial charge on any atom is 0.240 e. The standard InChI is InChI=1S/C10H14N2OS/c1-2-3-6-10(13)12-11-8-9-5-4-7-14-9/h4-5,7-8H,2-3,6H2,1H3,(H,12,13)/b11-8+. The van der Waals surface area contributed by atoms with Gasteiger partial charge in [-0.1, -0.05) is 19.4 Å². The van der Waals surface area contributed by atoms with Crippen LogP contribution in [0.1, 0.15) is 31.1 Å². The molecule has 0 aromatic carbocycles. The maximum atomic E-state index is 11.1. The average Bonchev–Trinajstić information content (AvgIpc) is 2.67. The Morgan fingerprint density at radius 3 is 3.21 bits per heavy atom. The molecule has 0 aliphatic rings. The minimum Gasteiger partial charge on any atom is -0.273 e. The van der Waals surface area contributed by atoms with Crippen LogP contribution in [0.3, 0.4) is 0 Å². The molecule has 1 rings (SSSR count). The number of carbonyl (C=O) groups is 1. The molecule has 4 heteroatoms. The van der Waals surface area contributed by atoms with Gasteiger partial charge in [-0.3, -0.25) is 4.79 Å². The van der Waals surface area contributed by atoms with Crippen molar-refractivity contribution >= 4 is 23.5 Å². The van der Waals surface area contributed by atoms with Crippen molar-refractivity contribution < 1.29 is 4.79 Å². The third kappa shape index (κ3) is 4.18. The first kappa shape index (κ1) is 10.9. The SMILES string of the molecule is CCCCC(=O)N/N=C/c1cccs1. The molecule has 0 bridgehead atoms. The van der Waals surface area contributed by atoms with Crippen molar-refractivity contribution in [2.24, 2.45) is 5.10 Å². The third-order valence-corrected chi connectivity index (χ3v) is 2.49. The highest BCUT2D eigenvalue weighted by Crippen LogP contribution is 2.04. The number of nitrogens with one attached hydrogen (secondary N) is 1. The number of rotatable bonds is 5. The van der Waals surface area contributed by atoms with Gasteiger partial charge in [0.25, 0.3) is 0 Å². The van der Waals surface area contributed by atoms with Gasteiger partial charge in [-0.2, -0.15) is 5.10 Å². The second-order valence-corrected chi connectivity index (χ2v) is 3.89. The molecule has 1 aromatic heterocycles. The lowest BCUT2D eigenvalue weighted by Gasteiger charge is -1.96. The van der Waals surface area contributed by atoms with Crippen molar-refractivity contribution in [2.45, 2.75) is 26.2 Å². The summed E-state index contributed by atoms with van der Waals surface area (Å²) in [5.74, 6) is -0.0142. The first-order valence-corrected chi connectivity index (χ1v) is 5.56. The number of thiophene rings is 1. The van der Waals surface area contributed by atoms with Crippen LogP contribution in [-0.2, 0) is 4.79 Å². The van der Waals surface area contributed by atoms with Crippen LogP contribution < -0.4 is 5.43 Å². The van der Waals surface area contributed by atoms with E-state index in [1.165, 1.54) is 0 Å². The smallest absolute Gasteiger partial charge is 0.240 e. The van der Waals surface area contributed by atoms with Crippen LogP contribution in [0.5, 0.6) is 0 Å². The summed E-state index contributed by atoms with van der Waals surface area (Å²) in [6.45, 7) is 2.06. The molecular weight excluding hydrogens is 196 g/mol. The van der Waals surface area contributed by atoms with Crippen molar-refractivity contribution in [1.82, 2.24) is 5.43 Å². The molecule has 0 saturated heterocycles. The second-order valence-electron chi connectivity index (χ2n) is 2.91. The first-order chi connectivity index (χ1) is 6.83. The molecular formula is C10H14N2OS. The molecule has 1 heterocycles. The lowest BCUT2D eigenvalue weighted by molar-refractivity contribution is -0.121. The van der Waals surface area contributed by atoms with E-state index in [0.717, 1.165) is 17.7 Å². The minimum absolute atomic E-state index is 0.0142. The lowest BCUT2D eigenvalue weighted by Crippen LogP contribution is -2.16. The van der Waals surface area contributed by atoms with Gasteiger partial charge < -0.3 is 0 Å². The fraction of sp³-hybridized carbons (Fsp3) is 0.400. The topological polar surface area (TPSA) is 41.5 Å². The van der Waals surface area contributed by atoms with Gasteiger partial charge in [0, 0.05) is 11.3 Å². The summed E-state index contributed by atoms with van der Waals surface area (Å²) in [4.78, 5) is 12.2. The van der Waals surface area contributed by atoms with E-state index in [2.05, 4.69) is 17.5 Å². The average molecular weight is 210 g/mol. The molecule has 0 spiro atoms. The number of hydrogen-bond donors (Lipinski definition) is 1. The second kappa shape index (κ2) is 6.32. The fourth-order valence-corrected chi connectivity index (χ4v) is 1.51. The lowest BCUT2D eigenvalue weighted by atomic mass is 10.2. The number of hydrogen-bond acceptors (Lipinski definition) is 3. The van der Waals surface area contributed by atoms with Gasteiger partial charge in [0.15, 0.2) is 0 Å². The molecule has 0 saturated carbocycles. The molecule has 0 radical (unpaired) electrons. The molecule has 0 atom stereocenters. The van der Waals surface area contributed by atoms with E-state index in [4.69, 9.17) is 0 Å². The summed E-state index contributed by atoms with van der Waals surface area (Å²) in [6.07, 6.45) is 4.16. The van der Waals surface area contributed by atoms with Gasteiger partial charge in [0.05, 0.1) is 6.21 Å². The van der Waals surface area contributed by atoms with Crippen molar-refractivity contribution in [3.63, 3.8) is 0 Å². The molecule has 0 aliphatic carbocycles. The predicted octanol–water partition coefficient (Wildman–Crippen LogP) is 2.39. The monoisotopic (exact) mass is 210 g/mol. The Hall–Kier alpha value is -1.16. The summed E-state index contributed by atoms with van der Waals surface area (Å²) in [6, 6.07) is 3.90. The van der Waals surface area contributed by atoms with Crippen LogP contribution in [0.4, 0.5) is 0 Å². The summed E-state index contributed by atoms with van der Waals surface area (Å²) >= 11 is 1.59. The van der Waals surface area contributed by atoms with Gasteiger partial charge in [-0.25, -0.2) is 5.43 Å². The maximum absolute atomic E-state index is 11.1. The summed E-state index contributed by atoms with van der Waals surface area (Å²) in [5.41, 5.74) is 2.49. The Bertz CT molecular complexity index is 293. The van der Waals surface area contributed by atoms with Crippen LogP contribution in [0.2, 0.25) is 0 Å². The van der Waals surface area contributed by atoms with E-state index in [-0.39, 0.29) is 5.91 Å². The zero-order chi connectivity index (χ0) is 10.2. The van der Waals surface area contributed by atoms with Gasteiger partial charge in [-0.15, -0.1) is 11.3 Å². The van der Waals surface area contributed by atoms with Crippen molar-refractivity contribution in [3.05, 3.63) is 22.4 Å². The van der Waals surface area contributed by atoms with Crippen molar-refractivity contribution in [1.29, 1.82) is 0 Å². The molecule has 1 amide bonds. The van der Waals surface area contributed by atoms with Gasteiger partial charge >= 0.3 is 0 Å². The molecule has 0 aliphatic heterocycles. The third-order valence-electron chi connectivity index (χ3n) is 1.68. The summed E-state index contributed by atoms with van der Waals surface area (Å²) in [5, 5.41) is 5.83. The van der Waals surface area contributed by atoms with E-state index in [9.17, 15) is 4.79 Å². The molecule has 76 valence electrons. The Morgan fingerprint density at radius 1 is 1.71 bits per heavy atom. The molecule has 1 aromatic rings. The Morgan fingerprint density at radius 2 is 2.57 bits per heavy atom. The van der Waals surface area contributed by atoms with Gasteiger partial charge in [0.2, 0.25) is 5.91 Å². The normalized spacial score (nSPS) is 10.6. The summed E-state index contributed by atoms with van der Waals surface area (Å²) < 4.78 is 0. The molecule has 14 heavy (non-hydrogen) atoms. The van der Waals surface area contributed by atoms with E-state index < -0.39 is 0 Å². The predicted molar refractivity (Wildman–Crippen MR) is 59.6 cm³/mol. The van der Waals surface area contributed by atoms with Crippen LogP contribution >= 0.6 is 11.3 Å². The fourth-order valence-electron chi connectivity index (χ4n) is 0.926. The minimum atomic E-state index is -0.0142. The van der Waals surface area contributed by atoms with E-state index in [0.29, 0.717) is 6.42 Å². The van der Waals surface area contributed by atoms with E-state index >= 15 is 0 Å². The molecule has 0 fully saturated rings. The molecule has 3 nitrogen and oxygen atoms in total. The highest BCUT2D eigenvalue weighted by Gasteiger charge is 1.96. The molecule has 0 unspecified atom stereocenters. The highest BCUT2D eigenvalue weighted by molar-refractivity contribution is 7.11. The van der Waals surface area contributed by atoms with E-state index in [1.54, 1.807) is 17.6 Å². The highest BCUT2D eigenvalue weighted by atomic mass is 32.1. The molecule has 1 N–H and O–H groups in total. The largest absolute Gasteiger partial charge is 0.273 e. The Balaban J connectivity index is 2.23. The van der Waals surface area contributed by atoms with Crippen LogP contribution in [0.15, 0.2) is 22.6 Å². The van der Waals surface area contributed by atoms with Crippen LogP contribution in [0, 0.1) is 0 Å². The quantitative estimate of drug-likeness (QED) is 0.588. The summed E-state index contributed by atoms with van der Waals surface area (Å²) in [7, 11) is 0.